The molecule has 1 aromatic carbocycles. The zero-order valence-corrected chi connectivity index (χ0v) is 14.6. The summed E-state index contributed by atoms with van der Waals surface area (Å²) in [5, 5.41) is 8.38. The summed E-state index contributed by atoms with van der Waals surface area (Å²) in [7, 11) is 0. The van der Waals surface area contributed by atoms with Crippen LogP contribution in [-0.2, 0) is 13.0 Å². The summed E-state index contributed by atoms with van der Waals surface area (Å²) >= 11 is 3.53. The molecule has 3 aromatic rings. The van der Waals surface area contributed by atoms with E-state index in [0.717, 1.165) is 52.1 Å². The van der Waals surface area contributed by atoms with Crippen LogP contribution in [0.25, 0.3) is 21.8 Å². The van der Waals surface area contributed by atoms with Gasteiger partial charge in [-0.25, -0.2) is 4.68 Å². The number of aromatic nitrogens is 3. The maximum absolute atomic E-state index is 13.0. The van der Waals surface area contributed by atoms with Crippen molar-refractivity contribution in [2.24, 2.45) is 0 Å². The van der Waals surface area contributed by atoms with E-state index in [-0.39, 0.29) is 11.6 Å². The first-order valence-corrected chi connectivity index (χ1v) is 8.99. The molecule has 5 heteroatoms. The van der Waals surface area contributed by atoms with E-state index in [9.17, 15) is 4.79 Å². The molecule has 0 aliphatic carbocycles. The molecule has 0 N–H and O–H groups in total. The second kappa shape index (κ2) is 5.34. The highest BCUT2D eigenvalue weighted by Crippen LogP contribution is 2.32. The molecule has 3 heterocycles. The number of pyridine rings is 1. The fraction of sp³-hybridized carbons (Fsp3) is 0.333. The average Bonchev–Trinajstić information content (AvgIpc) is 2.97. The third-order valence-electron chi connectivity index (χ3n) is 4.73. The Morgan fingerprint density at radius 2 is 2.26 bits per heavy atom. The van der Waals surface area contributed by atoms with Gasteiger partial charge >= 0.3 is 0 Å². The standard InChI is InChI=1S/C18H18BrN3O/c1-3-13-5-7-21-17-15(10-20-22(13)17)16-12(4-6-19)8-11(2)9-14(16)18(21)23/h3,8-10,13H,1,4-7H2,2H3. The summed E-state index contributed by atoms with van der Waals surface area (Å²) in [6.07, 6.45) is 5.58. The van der Waals surface area contributed by atoms with Crippen molar-refractivity contribution in [2.45, 2.75) is 32.4 Å². The highest BCUT2D eigenvalue weighted by atomic mass is 79.9. The van der Waals surface area contributed by atoms with Crippen molar-refractivity contribution < 1.29 is 0 Å². The number of alkyl halides is 1. The van der Waals surface area contributed by atoms with Crippen molar-refractivity contribution in [3.05, 3.63) is 52.5 Å². The van der Waals surface area contributed by atoms with Crippen LogP contribution in [0.2, 0.25) is 0 Å². The number of allylic oxidation sites excluding steroid dienone is 1. The second-order valence-electron chi connectivity index (χ2n) is 6.16. The predicted molar refractivity (Wildman–Crippen MR) is 97.6 cm³/mol. The molecular weight excluding hydrogens is 354 g/mol. The van der Waals surface area contributed by atoms with Gasteiger partial charge in [0.15, 0.2) is 0 Å². The van der Waals surface area contributed by atoms with Gasteiger partial charge in [0.05, 0.1) is 12.2 Å². The minimum Gasteiger partial charge on any atom is -0.292 e. The Balaban J connectivity index is 2.22. The monoisotopic (exact) mass is 371 g/mol. The topological polar surface area (TPSA) is 39.8 Å². The number of benzene rings is 1. The molecule has 2 aromatic heterocycles. The lowest BCUT2D eigenvalue weighted by molar-refractivity contribution is 0.432. The fourth-order valence-electron chi connectivity index (χ4n) is 3.74. The smallest absolute Gasteiger partial charge is 0.260 e. The van der Waals surface area contributed by atoms with Gasteiger partial charge in [0, 0.05) is 28.0 Å². The molecule has 1 atom stereocenters. The van der Waals surface area contributed by atoms with Crippen molar-refractivity contribution in [1.82, 2.24) is 14.3 Å². The van der Waals surface area contributed by atoms with Gasteiger partial charge in [0.1, 0.15) is 5.65 Å². The first kappa shape index (κ1) is 14.7. The van der Waals surface area contributed by atoms with Crippen LogP contribution in [0.3, 0.4) is 0 Å². The third-order valence-corrected chi connectivity index (χ3v) is 5.13. The molecule has 0 fully saturated rings. The molecule has 0 amide bonds. The van der Waals surface area contributed by atoms with Crippen molar-refractivity contribution >= 4 is 37.7 Å². The molecule has 1 unspecified atom stereocenters. The van der Waals surface area contributed by atoms with Crippen molar-refractivity contribution in [2.75, 3.05) is 5.33 Å². The number of aryl methyl sites for hydroxylation is 3. The minimum absolute atomic E-state index is 0.0938. The summed E-state index contributed by atoms with van der Waals surface area (Å²) in [6, 6.07) is 4.35. The van der Waals surface area contributed by atoms with E-state index in [4.69, 9.17) is 0 Å². The van der Waals surface area contributed by atoms with Crippen LogP contribution in [0.15, 0.2) is 35.8 Å². The molecule has 0 spiro atoms. The zero-order valence-electron chi connectivity index (χ0n) is 13.1. The van der Waals surface area contributed by atoms with Crippen LogP contribution in [0.4, 0.5) is 0 Å². The molecule has 0 saturated heterocycles. The quantitative estimate of drug-likeness (QED) is 0.519. The van der Waals surface area contributed by atoms with Crippen molar-refractivity contribution in [3.8, 4) is 0 Å². The second-order valence-corrected chi connectivity index (χ2v) is 6.95. The Bertz CT molecular complexity index is 999. The molecule has 0 bridgehead atoms. The van der Waals surface area contributed by atoms with Gasteiger partial charge in [-0.3, -0.25) is 9.36 Å². The van der Waals surface area contributed by atoms with Gasteiger partial charge in [0.2, 0.25) is 0 Å². The van der Waals surface area contributed by atoms with Crippen LogP contribution in [-0.4, -0.2) is 19.7 Å². The number of hydrogen-bond acceptors (Lipinski definition) is 2. The fourth-order valence-corrected chi connectivity index (χ4v) is 4.17. The highest BCUT2D eigenvalue weighted by molar-refractivity contribution is 9.09. The molecule has 4 rings (SSSR count). The van der Waals surface area contributed by atoms with Crippen molar-refractivity contribution in [3.63, 3.8) is 0 Å². The SMILES string of the molecule is C=CC1CCn2c(=O)c3cc(C)cc(CCBr)c3c3cnn1c32. The Morgan fingerprint density at radius 3 is 3.00 bits per heavy atom. The van der Waals surface area contributed by atoms with Crippen LogP contribution >= 0.6 is 15.9 Å². The largest absolute Gasteiger partial charge is 0.292 e. The van der Waals surface area contributed by atoms with E-state index in [0.29, 0.717) is 0 Å². The molecule has 4 nitrogen and oxygen atoms in total. The van der Waals surface area contributed by atoms with E-state index >= 15 is 0 Å². The van der Waals surface area contributed by atoms with Crippen LogP contribution in [0.5, 0.6) is 0 Å². The van der Waals surface area contributed by atoms with Gasteiger partial charge in [-0.15, -0.1) is 6.58 Å². The number of halogens is 1. The number of rotatable bonds is 3. The zero-order chi connectivity index (χ0) is 16.1. The van der Waals surface area contributed by atoms with E-state index < -0.39 is 0 Å². The molecule has 0 radical (unpaired) electrons. The van der Waals surface area contributed by atoms with E-state index in [1.807, 2.05) is 34.5 Å². The maximum Gasteiger partial charge on any atom is 0.260 e. The highest BCUT2D eigenvalue weighted by Gasteiger charge is 2.24. The Kier molecular flexibility index (Phi) is 3.41. The first-order chi connectivity index (χ1) is 11.2. The molecule has 1 aliphatic heterocycles. The summed E-state index contributed by atoms with van der Waals surface area (Å²) < 4.78 is 3.83. The molecule has 1 aliphatic rings. The summed E-state index contributed by atoms with van der Waals surface area (Å²) in [6.45, 7) is 6.68. The minimum atomic E-state index is 0.0938. The molecule has 0 saturated carbocycles. The van der Waals surface area contributed by atoms with Crippen LogP contribution in [0.1, 0.15) is 23.6 Å². The van der Waals surface area contributed by atoms with Gasteiger partial charge in [-0.1, -0.05) is 33.6 Å². The first-order valence-electron chi connectivity index (χ1n) is 7.87. The molecular formula is C18H18BrN3O. The molecule has 118 valence electrons. The number of fused-ring (bicyclic) bond motifs is 2. The van der Waals surface area contributed by atoms with Crippen LogP contribution in [0, 0.1) is 6.92 Å². The Hall–Kier alpha value is -1.88. The lowest BCUT2D eigenvalue weighted by Crippen LogP contribution is -2.29. The lowest BCUT2D eigenvalue weighted by atomic mass is 9.98. The summed E-state index contributed by atoms with van der Waals surface area (Å²) in [5.41, 5.74) is 3.36. The normalized spacial score (nSPS) is 17.0. The van der Waals surface area contributed by atoms with E-state index in [1.165, 1.54) is 5.56 Å². The Labute approximate surface area is 142 Å². The van der Waals surface area contributed by atoms with E-state index in [1.54, 1.807) is 0 Å². The Morgan fingerprint density at radius 1 is 1.43 bits per heavy atom. The van der Waals surface area contributed by atoms with Gasteiger partial charge in [0.25, 0.3) is 5.56 Å². The van der Waals surface area contributed by atoms with Crippen molar-refractivity contribution in [1.29, 1.82) is 0 Å². The van der Waals surface area contributed by atoms with Gasteiger partial charge in [-0.2, -0.15) is 5.10 Å². The predicted octanol–water partition coefficient (Wildman–Crippen LogP) is 3.73. The van der Waals surface area contributed by atoms with Crippen LogP contribution < -0.4 is 5.56 Å². The summed E-state index contributed by atoms with van der Waals surface area (Å²) in [5.74, 6) is 0. The number of hydrogen-bond donors (Lipinski definition) is 0. The molecule has 23 heavy (non-hydrogen) atoms. The van der Waals surface area contributed by atoms with Gasteiger partial charge in [-0.05, 0) is 31.4 Å². The summed E-state index contributed by atoms with van der Waals surface area (Å²) in [4.78, 5) is 13.0. The third kappa shape index (κ3) is 2.02. The van der Waals surface area contributed by atoms with E-state index in [2.05, 4.69) is 33.7 Å². The lowest BCUT2D eigenvalue weighted by Gasteiger charge is -2.24. The maximum atomic E-state index is 13.0. The van der Waals surface area contributed by atoms with Gasteiger partial charge < -0.3 is 0 Å². The number of nitrogens with zero attached hydrogens (tertiary/aromatic N) is 3. The average molecular weight is 372 g/mol.